The van der Waals surface area contributed by atoms with E-state index in [1.165, 1.54) is 11.3 Å². The molecule has 20 heavy (non-hydrogen) atoms. The summed E-state index contributed by atoms with van der Waals surface area (Å²) < 4.78 is 0. The molecule has 1 saturated carbocycles. The van der Waals surface area contributed by atoms with Gasteiger partial charge in [0, 0.05) is 29.9 Å². The minimum absolute atomic E-state index is 0.0154. The van der Waals surface area contributed by atoms with E-state index in [0.29, 0.717) is 13.1 Å². The summed E-state index contributed by atoms with van der Waals surface area (Å²) in [6.07, 6.45) is 2.49. The quantitative estimate of drug-likeness (QED) is 0.850. The Hall–Kier alpha value is -1.40. The van der Waals surface area contributed by atoms with Gasteiger partial charge in [-0.2, -0.15) is 0 Å². The van der Waals surface area contributed by atoms with E-state index in [4.69, 9.17) is 5.73 Å². The van der Waals surface area contributed by atoms with E-state index in [1.54, 1.807) is 4.90 Å². The molecule has 5 nitrogen and oxygen atoms in total. The molecule has 2 fully saturated rings. The van der Waals surface area contributed by atoms with Gasteiger partial charge < -0.3 is 16.0 Å². The first-order valence-corrected chi connectivity index (χ1v) is 7.92. The van der Waals surface area contributed by atoms with Gasteiger partial charge in [-0.3, -0.25) is 9.59 Å². The molecule has 1 aromatic rings. The molecule has 0 aromatic carbocycles. The SMILES string of the molecule is NC1CCC(C(=O)N2CCNC(=O)C2c2cccs2)C1. The smallest absolute Gasteiger partial charge is 0.248 e. The highest BCUT2D eigenvalue weighted by Crippen LogP contribution is 2.32. The molecule has 108 valence electrons. The number of nitrogens with zero attached hydrogens (tertiary/aromatic N) is 1. The van der Waals surface area contributed by atoms with Crippen molar-refractivity contribution in [3.8, 4) is 0 Å². The maximum absolute atomic E-state index is 12.7. The van der Waals surface area contributed by atoms with Crippen LogP contribution in [-0.4, -0.2) is 35.8 Å². The van der Waals surface area contributed by atoms with Gasteiger partial charge in [0.2, 0.25) is 11.8 Å². The van der Waals surface area contributed by atoms with Crippen molar-refractivity contribution in [2.24, 2.45) is 11.7 Å². The second-order valence-electron chi connectivity index (χ2n) is 5.51. The summed E-state index contributed by atoms with van der Waals surface area (Å²) in [5.41, 5.74) is 5.90. The van der Waals surface area contributed by atoms with Crippen LogP contribution in [-0.2, 0) is 9.59 Å². The summed E-state index contributed by atoms with van der Waals surface area (Å²) in [5, 5.41) is 4.79. The Kier molecular flexibility index (Phi) is 3.76. The van der Waals surface area contributed by atoms with Crippen LogP contribution >= 0.6 is 11.3 Å². The average Bonchev–Trinajstić information content (AvgIpc) is 3.09. The lowest BCUT2D eigenvalue weighted by atomic mass is 10.0. The Labute approximate surface area is 122 Å². The van der Waals surface area contributed by atoms with Crippen molar-refractivity contribution in [3.05, 3.63) is 22.4 Å². The van der Waals surface area contributed by atoms with Crippen molar-refractivity contribution >= 4 is 23.2 Å². The van der Waals surface area contributed by atoms with Crippen LogP contribution in [0.15, 0.2) is 17.5 Å². The highest BCUT2D eigenvalue weighted by molar-refractivity contribution is 7.10. The molecule has 2 amide bonds. The van der Waals surface area contributed by atoms with Crippen molar-refractivity contribution in [2.45, 2.75) is 31.3 Å². The molecule has 0 bridgehead atoms. The second-order valence-corrected chi connectivity index (χ2v) is 6.49. The topological polar surface area (TPSA) is 75.4 Å². The Balaban J connectivity index is 1.82. The molecule has 0 spiro atoms. The minimum Gasteiger partial charge on any atom is -0.352 e. The highest BCUT2D eigenvalue weighted by atomic mass is 32.1. The van der Waals surface area contributed by atoms with Gasteiger partial charge in [0.15, 0.2) is 0 Å². The molecule has 3 N–H and O–H groups in total. The third kappa shape index (κ3) is 2.45. The summed E-state index contributed by atoms with van der Waals surface area (Å²) in [5.74, 6) is -0.00101. The third-order valence-electron chi connectivity index (χ3n) is 4.13. The lowest BCUT2D eigenvalue weighted by molar-refractivity contribution is -0.146. The predicted molar refractivity (Wildman–Crippen MR) is 77.1 cm³/mol. The van der Waals surface area contributed by atoms with Crippen LogP contribution in [0.2, 0.25) is 0 Å². The van der Waals surface area contributed by atoms with Crippen molar-refractivity contribution in [1.29, 1.82) is 0 Å². The lowest BCUT2D eigenvalue weighted by Gasteiger charge is -2.36. The molecule has 2 heterocycles. The monoisotopic (exact) mass is 293 g/mol. The van der Waals surface area contributed by atoms with Crippen molar-refractivity contribution in [2.75, 3.05) is 13.1 Å². The fourth-order valence-electron chi connectivity index (χ4n) is 3.11. The van der Waals surface area contributed by atoms with Crippen LogP contribution in [0.5, 0.6) is 0 Å². The molecule has 1 aromatic heterocycles. The van der Waals surface area contributed by atoms with E-state index in [-0.39, 0.29) is 23.8 Å². The summed E-state index contributed by atoms with van der Waals surface area (Å²) in [6, 6.07) is 3.49. The Morgan fingerprint density at radius 3 is 2.95 bits per heavy atom. The molecule has 6 heteroatoms. The molecular weight excluding hydrogens is 274 g/mol. The largest absolute Gasteiger partial charge is 0.352 e. The summed E-state index contributed by atoms with van der Waals surface area (Å²) in [7, 11) is 0. The van der Waals surface area contributed by atoms with Gasteiger partial charge in [0.1, 0.15) is 6.04 Å². The maximum atomic E-state index is 12.7. The molecule has 3 rings (SSSR count). The van der Waals surface area contributed by atoms with Gasteiger partial charge in [-0.25, -0.2) is 0 Å². The fraction of sp³-hybridized carbons (Fsp3) is 0.571. The van der Waals surface area contributed by atoms with E-state index >= 15 is 0 Å². The van der Waals surface area contributed by atoms with Crippen LogP contribution in [0.3, 0.4) is 0 Å². The standard InChI is InChI=1S/C14H19N3O2S/c15-10-4-3-9(8-10)14(19)17-6-5-16-13(18)12(17)11-2-1-7-20-11/h1-2,7,9-10,12H,3-6,8,15H2,(H,16,18). The summed E-state index contributed by atoms with van der Waals surface area (Å²) in [4.78, 5) is 27.5. The van der Waals surface area contributed by atoms with Gasteiger partial charge in [-0.15, -0.1) is 11.3 Å². The number of nitrogens with one attached hydrogen (secondary N) is 1. The van der Waals surface area contributed by atoms with Crippen LogP contribution < -0.4 is 11.1 Å². The van der Waals surface area contributed by atoms with Gasteiger partial charge in [-0.1, -0.05) is 6.07 Å². The fourth-order valence-corrected chi connectivity index (χ4v) is 3.94. The molecule has 1 aliphatic carbocycles. The molecule has 0 radical (unpaired) electrons. The van der Waals surface area contributed by atoms with E-state index in [9.17, 15) is 9.59 Å². The zero-order valence-corrected chi connectivity index (χ0v) is 12.1. The molecule has 1 aliphatic heterocycles. The summed E-state index contributed by atoms with van der Waals surface area (Å²) >= 11 is 1.52. The van der Waals surface area contributed by atoms with Crippen LogP contribution in [0, 0.1) is 5.92 Å². The van der Waals surface area contributed by atoms with E-state index in [0.717, 1.165) is 24.1 Å². The number of amides is 2. The second kappa shape index (κ2) is 5.54. The third-order valence-corrected chi connectivity index (χ3v) is 5.05. The predicted octanol–water partition coefficient (Wildman–Crippen LogP) is 0.875. The first-order valence-electron chi connectivity index (χ1n) is 7.04. The van der Waals surface area contributed by atoms with Gasteiger partial charge in [0.25, 0.3) is 0 Å². The zero-order chi connectivity index (χ0) is 14.1. The number of carbonyl (C=O) groups excluding carboxylic acids is 2. The lowest BCUT2D eigenvalue weighted by Crippen LogP contribution is -2.53. The van der Waals surface area contributed by atoms with E-state index in [2.05, 4.69) is 5.32 Å². The normalized spacial score (nSPS) is 30.4. The van der Waals surface area contributed by atoms with E-state index in [1.807, 2.05) is 17.5 Å². The summed E-state index contributed by atoms with van der Waals surface area (Å²) in [6.45, 7) is 1.12. The van der Waals surface area contributed by atoms with Crippen LogP contribution in [0.1, 0.15) is 30.2 Å². The number of nitrogens with two attached hydrogens (primary N) is 1. The zero-order valence-electron chi connectivity index (χ0n) is 11.2. The van der Waals surface area contributed by atoms with Crippen molar-refractivity contribution in [1.82, 2.24) is 10.2 Å². The van der Waals surface area contributed by atoms with Crippen LogP contribution in [0.4, 0.5) is 0 Å². The van der Waals surface area contributed by atoms with Crippen molar-refractivity contribution < 1.29 is 9.59 Å². The minimum atomic E-state index is -0.465. The number of thiophene rings is 1. The average molecular weight is 293 g/mol. The van der Waals surface area contributed by atoms with Crippen LogP contribution in [0.25, 0.3) is 0 Å². The molecule has 1 saturated heterocycles. The Morgan fingerprint density at radius 2 is 2.30 bits per heavy atom. The highest BCUT2D eigenvalue weighted by Gasteiger charge is 2.39. The number of carbonyl (C=O) groups is 2. The van der Waals surface area contributed by atoms with Gasteiger partial charge >= 0.3 is 0 Å². The maximum Gasteiger partial charge on any atom is 0.248 e. The van der Waals surface area contributed by atoms with Gasteiger partial charge in [-0.05, 0) is 30.7 Å². The number of rotatable bonds is 2. The molecular formula is C14H19N3O2S. The first kappa shape index (κ1) is 13.6. The first-order chi connectivity index (χ1) is 9.66. The Morgan fingerprint density at radius 1 is 1.45 bits per heavy atom. The number of hydrogen-bond donors (Lipinski definition) is 2. The Bertz CT molecular complexity index is 503. The molecule has 3 unspecified atom stereocenters. The molecule has 3 atom stereocenters. The number of piperazine rings is 1. The van der Waals surface area contributed by atoms with E-state index < -0.39 is 6.04 Å². The van der Waals surface area contributed by atoms with Gasteiger partial charge in [0.05, 0.1) is 0 Å². The van der Waals surface area contributed by atoms with Crippen molar-refractivity contribution in [3.63, 3.8) is 0 Å². The number of hydrogen-bond acceptors (Lipinski definition) is 4. The molecule has 2 aliphatic rings.